The van der Waals surface area contributed by atoms with Gasteiger partial charge in [0.15, 0.2) is 5.60 Å². The van der Waals surface area contributed by atoms with Gasteiger partial charge in [0.05, 0.1) is 0 Å². The van der Waals surface area contributed by atoms with Crippen LogP contribution in [0.15, 0.2) is 42.6 Å². The van der Waals surface area contributed by atoms with E-state index in [2.05, 4.69) is 13.8 Å². The van der Waals surface area contributed by atoms with E-state index in [1.165, 1.54) is 25.3 Å². The van der Waals surface area contributed by atoms with E-state index in [1.807, 2.05) is 22.9 Å². The zero-order chi connectivity index (χ0) is 23.7. The fourth-order valence-corrected chi connectivity index (χ4v) is 4.29. The second-order valence-corrected chi connectivity index (χ2v) is 8.56. The molecule has 0 spiro atoms. The monoisotopic (exact) mass is 562 g/mol. The molecule has 1 saturated heterocycles. The number of aromatic nitrogens is 1. The molecule has 1 aliphatic rings. The molecule has 7 nitrogen and oxygen atoms in total. The van der Waals surface area contributed by atoms with Crippen LogP contribution in [-0.2, 0) is 16.1 Å². The van der Waals surface area contributed by atoms with E-state index in [1.54, 1.807) is 24.3 Å². The van der Waals surface area contributed by atoms with Crippen LogP contribution in [0.3, 0.4) is 0 Å². The maximum atomic E-state index is 13.9. The van der Waals surface area contributed by atoms with E-state index in [4.69, 9.17) is 10.5 Å². The molecule has 32 heavy (non-hydrogen) atoms. The van der Waals surface area contributed by atoms with Crippen molar-refractivity contribution in [2.75, 3.05) is 5.32 Å². The molecule has 4 atom stereocenters. The number of halogens is 4. The van der Waals surface area contributed by atoms with Crippen molar-refractivity contribution < 1.29 is 27.5 Å². The van der Waals surface area contributed by atoms with Gasteiger partial charge in [-0.05, 0) is 30.2 Å². The Morgan fingerprint density at radius 1 is 1.25 bits per heavy atom. The Morgan fingerprint density at radius 3 is 2.47 bits per heavy atom. The number of pyridine rings is 1. The smallest absolute Gasteiger partial charge is 0.364 e. The van der Waals surface area contributed by atoms with Crippen LogP contribution in [0.4, 0.5) is 18.9 Å². The molecule has 1 fully saturated rings. The second-order valence-electron chi connectivity index (χ2n) is 7.79. The van der Waals surface area contributed by atoms with Gasteiger partial charge in [-0.25, -0.2) is 0 Å². The van der Waals surface area contributed by atoms with Crippen molar-refractivity contribution in [1.82, 2.24) is 8.51 Å². The van der Waals surface area contributed by atoms with E-state index >= 15 is 0 Å². The van der Waals surface area contributed by atoms with Crippen molar-refractivity contribution in [3.8, 4) is 0 Å². The summed E-state index contributed by atoms with van der Waals surface area (Å²) in [5.74, 6) is -3.43. The molecule has 4 N–H and O–H groups in total. The first-order chi connectivity index (χ1) is 15.0. The predicted molar refractivity (Wildman–Crippen MR) is 120 cm³/mol. The highest BCUT2D eigenvalue weighted by Crippen LogP contribution is 2.53. The zero-order valence-electron chi connectivity index (χ0n) is 17.2. The number of benzene rings is 1. The van der Waals surface area contributed by atoms with Crippen LogP contribution >= 0.6 is 22.9 Å². The molecule has 11 heteroatoms. The first-order valence-corrected chi connectivity index (χ1v) is 10.8. The lowest BCUT2D eigenvalue weighted by atomic mass is 9.77. The minimum absolute atomic E-state index is 0.0837. The number of nitrogens with one attached hydrogen (secondary N) is 2. The van der Waals surface area contributed by atoms with Crippen LogP contribution in [0, 0.1) is 5.92 Å². The van der Waals surface area contributed by atoms with Gasteiger partial charge in [0, 0.05) is 53.1 Å². The van der Waals surface area contributed by atoms with Gasteiger partial charge in [0.1, 0.15) is 11.8 Å². The predicted octanol–water partition coefficient (Wildman–Crippen LogP) is 3.70. The number of alkyl halides is 3. The lowest BCUT2D eigenvalue weighted by Crippen LogP contribution is -2.47. The number of carbonyl (C=O) groups excluding carboxylic acids is 2. The van der Waals surface area contributed by atoms with Gasteiger partial charge < -0.3 is 15.8 Å². The number of primary amides is 1. The van der Waals surface area contributed by atoms with Gasteiger partial charge in [0.25, 0.3) is 11.8 Å². The van der Waals surface area contributed by atoms with Crippen LogP contribution in [0.25, 0.3) is 0 Å². The molecule has 2 heterocycles. The molecule has 1 aromatic heterocycles. The van der Waals surface area contributed by atoms with Crippen molar-refractivity contribution in [3.63, 3.8) is 0 Å². The van der Waals surface area contributed by atoms with Crippen molar-refractivity contribution in [2.45, 2.75) is 44.2 Å². The zero-order valence-corrected chi connectivity index (χ0v) is 19.4. The van der Waals surface area contributed by atoms with Gasteiger partial charge >= 0.3 is 6.18 Å². The number of amides is 2. The lowest BCUT2D eigenvalue weighted by Gasteiger charge is -2.31. The number of hydrogen-bond donors (Lipinski definition) is 3. The minimum atomic E-state index is -4.68. The Labute approximate surface area is 196 Å². The summed E-state index contributed by atoms with van der Waals surface area (Å²) in [5, 5.41) is 2.53. The van der Waals surface area contributed by atoms with Crippen molar-refractivity contribution in [2.24, 2.45) is 11.7 Å². The molecule has 1 aromatic carbocycles. The SMILES string of the molecule is C[C@H]1[C@@H](c2ccc(CNI)cc2)[C@H](C(=O)Nc2ccnc(C(N)=O)c2)O[C@@]1(C)C(F)(F)F. The normalized spacial score (nSPS) is 25.5. The van der Waals surface area contributed by atoms with Crippen LogP contribution in [0.2, 0.25) is 0 Å². The average Bonchev–Trinajstić information content (AvgIpc) is 3.01. The molecule has 0 unspecified atom stereocenters. The van der Waals surface area contributed by atoms with E-state index in [-0.39, 0.29) is 11.4 Å². The van der Waals surface area contributed by atoms with Crippen LogP contribution in [0.1, 0.15) is 41.4 Å². The number of nitrogens with zero attached hydrogens (tertiary/aromatic N) is 1. The summed E-state index contributed by atoms with van der Waals surface area (Å²) in [7, 11) is 0. The third-order valence-corrected chi connectivity index (χ3v) is 6.22. The highest BCUT2D eigenvalue weighted by molar-refractivity contribution is 14.1. The fourth-order valence-electron chi connectivity index (χ4n) is 3.85. The third-order valence-electron chi connectivity index (χ3n) is 5.84. The topological polar surface area (TPSA) is 106 Å². The summed E-state index contributed by atoms with van der Waals surface area (Å²) in [6.45, 7) is 2.99. The van der Waals surface area contributed by atoms with E-state index in [0.29, 0.717) is 12.1 Å². The highest BCUT2D eigenvalue weighted by atomic mass is 127. The molecule has 0 saturated carbocycles. The van der Waals surface area contributed by atoms with Crippen molar-refractivity contribution in [1.29, 1.82) is 0 Å². The summed E-state index contributed by atoms with van der Waals surface area (Å²) >= 11 is 2.00. The summed E-state index contributed by atoms with van der Waals surface area (Å²) in [6.07, 6.45) is -4.82. The first-order valence-electron chi connectivity index (χ1n) is 9.71. The van der Waals surface area contributed by atoms with Crippen LogP contribution in [-0.4, -0.2) is 34.7 Å². The van der Waals surface area contributed by atoms with Gasteiger partial charge in [-0.2, -0.15) is 13.2 Å². The number of rotatable bonds is 6. The Balaban J connectivity index is 1.95. The molecule has 0 bridgehead atoms. The van der Waals surface area contributed by atoms with Gasteiger partial charge in [-0.3, -0.25) is 18.1 Å². The number of nitrogens with two attached hydrogens (primary N) is 1. The molecule has 0 radical (unpaired) electrons. The van der Waals surface area contributed by atoms with Crippen molar-refractivity contribution >= 4 is 40.4 Å². The Kier molecular flexibility index (Phi) is 7.10. The fraction of sp³-hybridized carbons (Fsp3) is 0.381. The van der Waals surface area contributed by atoms with Gasteiger partial charge in [-0.15, -0.1) is 0 Å². The van der Waals surface area contributed by atoms with Crippen LogP contribution < -0.4 is 14.6 Å². The largest absolute Gasteiger partial charge is 0.417 e. The molecule has 1 aliphatic heterocycles. The number of ether oxygens (including phenoxy) is 1. The number of carbonyl (C=O) groups is 2. The van der Waals surface area contributed by atoms with Gasteiger partial charge in [-0.1, -0.05) is 31.2 Å². The highest BCUT2D eigenvalue weighted by Gasteiger charge is 2.65. The molecular formula is C21H22F3IN4O3. The molecule has 2 aromatic rings. The van der Waals surface area contributed by atoms with Crippen LogP contribution in [0.5, 0.6) is 0 Å². The van der Waals surface area contributed by atoms with E-state index in [9.17, 15) is 22.8 Å². The number of hydrogen-bond acceptors (Lipinski definition) is 5. The molecule has 172 valence electrons. The van der Waals surface area contributed by atoms with E-state index < -0.39 is 41.5 Å². The second kappa shape index (κ2) is 9.32. The quantitative estimate of drug-likeness (QED) is 0.368. The third kappa shape index (κ3) is 4.74. The Hall–Kier alpha value is -2.25. The summed E-state index contributed by atoms with van der Waals surface area (Å²) in [6, 6.07) is 9.69. The van der Waals surface area contributed by atoms with Gasteiger partial charge in [0.2, 0.25) is 0 Å². The maximum absolute atomic E-state index is 13.9. The van der Waals surface area contributed by atoms with E-state index in [0.717, 1.165) is 12.5 Å². The molecule has 2 amide bonds. The standard InChI is InChI=1S/C21H22F3IN4O3/c1-11-16(13-5-3-12(4-6-13)10-28-25)17(32-20(11,2)21(22,23)24)19(31)29-14-7-8-27-15(9-14)18(26)30/h3-9,11,16-17,28H,10H2,1-2H3,(H2,26,30)(H,27,29,31)/t11-,16-,17+,20+/m0/s1. The summed E-state index contributed by atoms with van der Waals surface area (Å²) in [5.41, 5.74) is 4.29. The summed E-state index contributed by atoms with van der Waals surface area (Å²) < 4.78 is 50.2. The maximum Gasteiger partial charge on any atom is 0.417 e. The average molecular weight is 562 g/mol. The van der Waals surface area contributed by atoms with Crippen molar-refractivity contribution in [3.05, 3.63) is 59.4 Å². The Bertz CT molecular complexity index is 1000. The molecule has 3 rings (SSSR count). The lowest BCUT2D eigenvalue weighted by molar-refractivity contribution is -0.272. The minimum Gasteiger partial charge on any atom is -0.364 e. The summed E-state index contributed by atoms with van der Waals surface area (Å²) in [4.78, 5) is 28.2. The first kappa shape index (κ1) is 24.4. The molecular weight excluding hydrogens is 540 g/mol. The number of anilines is 1. The molecule has 0 aliphatic carbocycles. The Morgan fingerprint density at radius 2 is 1.91 bits per heavy atom.